The van der Waals surface area contributed by atoms with Crippen LogP contribution in [-0.4, -0.2) is 279 Å². The van der Waals surface area contributed by atoms with E-state index in [1.165, 1.54) is 66.5 Å². The molecule has 18 unspecified atom stereocenters. The molecule has 4 rings (SSSR count). The zero-order valence-electron chi connectivity index (χ0n) is 59.6. The molecule has 0 aromatic heterocycles. The second-order valence-corrected chi connectivity index (χ2v) is 28.0. The molecule has 4 heterocycles. The summed E-state index contributed by atoms with van der Waals surface area (Å²) in [6.07, 6.45) is 2.15. The highest BCUT2D eigenvalue weighted by Crippen LogP contribution is 2.38. The van der Waals surface area contributed by atoms with Crippen LogP contribution in [0.4, 0.5) is 0 Å². The van der Waals surface area contributed by atoms with Crippen molar-refractivity contribution < 1.29 is 62.1 Å². The Morgan fingerprint density at radius 2 is 1.10 bits per heavy atom. The highest BCUT2D eigenvalue weighted by Gasteiger charge is 2.56. The minimum Gasteiger partial charge on any atom is -0.383 e. The molecule has 4 fully saturated rings. The summed E-state index contributed by atoms with van der Waals surface area (Å²) in [5.74, 6) is -5.71. The molecule has 0 aliphatic carbocycles. The number of amides is 9. The van der Waals surface area contributed by atoms with Gasteiger partial charge in [0.15, 0.2) is 0 Å². The maximum Gasteiger partial charge on any atom is 0.248 e. The summed E-state index contributed by atoms with van der Waals surface area (Å²) in [5, 5.41) is 12.0. The molecule has 2 bridgehead atoms. The lowest BCUT2D eigenvalue weighted by atomic mass is 9.92. The average Bonchev–Trinajstić information content (AvgIpc) is 1.63. The van der Waals surface area contributed by atoms with Gasteiger partial charge in [0.2, 0.25) is 53.2 Å². The highest BCUT2D eigenvalue weighted by atomic mass is 16.6. The molecule has 25 heteroatoms. The van der Waals surface area contributed by atoms with Crippen LogP contribution in [0, 0.1) is 29.6 Å². The van der Waals surface area contributed by atoms with E-state index in [0.717, 1.165) is 0 Å². The van der Waals surface area contributed by atoms with E-state index in [1.807, 2.05) is 102 Å². The van der Waals surface area contributed by atoms with E-state index in [4.69, 9.17) is 18.9 Å². The number of likely N-dealkylation sites (N-methyl/N-ethyl adjacent to an activating group) is 8. The number of allylic oxidation sites excluding steroid dienone is 2. The number of fused-ring (bicyclic) bond motifs is 5. The molecule has 0 aromatic rings. The van der Waals surface area contributed by atoms with E-state index in [1.54, 1.807) is 40.0 Å². The van der Waals surface area contributed by atoms with Crippen LogP contribution in [0.15, 0.2) is 12.2 Å². The van der Waals surface area contributed by atoms with Gasteiger partial charge in [0.1, 0.15) is 73.0 Å². The quantitative estimate of drug-likeness (QED) is 0.120. The van der Waals surface area contributed by atoms with Gasteiger partial charge in [-0.3, -0.25) is 53.4 Å². The van der Waals surface area contributed by atoms with Crippen molar-refractivity contribution >= 4 is 53.2 Å². The average molecular weight is 1290 g/mol. The van der Waals surface area contributed by atoms with Crippen molar-refractivity contribution in [1.82, 2.24) is 60.5 Å². The number of carbonyl (C=O) groups excluding carboxylic acids is 9. The molecule has 4 saturated heterocycles. The molecular formula is C66H118N12O13. The van der Waals surface area contributed by atoms with Crippen LogP contribution in [-0.2, 0) is 62.1 Å². The number of nitrogens with zero attached hydrogens (tertiary/aromatic N) is 8. The van der Waals surface area contributed by atoms with Gasteiger partial charge in [0, 0.05) is 62.0 Å². The van der Waals surface area contributed by atoms with E-state index < -0.39 is 133 Å². The van der Waals surface area contributed by atoms with Gasteiger partial charge in [-0.15, -0.1) is 0 Å². The first-order valence-electron chi connectivity index (χ1n) is 33.2. The van der Waals surface area contributed by atoms with Gasteiger partial charge < -0.3 is 69.2 Å². The monoisotopic (exact) mass is 1290 g/mol. The van der Waals surface area contributed by atoms with Gasteiger partial charge in [-0.25, -0.2) is 0 Å². The summed E-state index contributed by atoms with van der Waals surface area (Å²) in [6, 6.07) is -10.6. The minimum absolute atomic E-state index is 0.0405. The Bertz CT molecular complexity index is 2500. The van der Waals surface area contributed by atoms with E-state index in [2.05, 4.69) is 31.1 Å². The zero-order valence-corrected chi connectivity index (χ0v) is 59.6. The molecule has 0 aromatic carbocycles. The lowest BCUT2D eigenvalue weighted by Gasteiger charge is -2.39. The Labute approximate surface area is 544 Å². The minimum atomic E-state index is -1.27. The number of carbonyl (C=O) groups is 9. The normalized spacial score (nSPS) is 33.0. The molecule has 4 N–H and O–H groups in total. The molecule has 91 heavy (non-hydrogen) atoms. The molecule has 0 saturated carbocycles. The van der Waals surface area contributed by atoms with Crippen LogP contribution in [0.25, 0.3) is 0 Å². The third kappa shape index (κ3) is 20.1. The van der Waals surface area contributed by atoms with Crippen molar-refractivity contribution in [3.8, 4) is 0 Å². The molecule has 9 amide bonds. The Kier molecular flexibility index (Phi) is 29.8. The first-order chi connectivity index (χ1) is 42.5. The third-order valence-electron chi connectivity index (χ3n) is 18.9. The van der Waals surface area contributed by atoms with Crippen molar-refractivity contribution in [2.75, 3.05) is 83.2 Å². The summed E-state index contributed by atoms with van der Waals surface area (Å²) < 4.78 is 25.1. The Morgan fingerprint density at radius 3 is 1.64 bits per heavy atom. The second-order valence-electron chi connectivity index (χ2n) is 28.0. The molecule has 0 radical (unpaired) electrons. The van der Waals surface area contributed by atoms with Gasteiger partial charge in [0.25, 0.3) is 0 Å². The zero-order chi connectivity index (χ0) is 69.0. The van der Waals surface area contributed by atoms with Crippen molar-refractivity contribution in [2.24, 2.45) is 29.6 Å². The number of methoxy groups -OCH3 is 1. The molecule has 18 atom stereocenters. The Balaban J connectivity index is 1.84. The molecular weight excluding hydrogens is 1170 g/mol. The number of epoxide rings is 2. The Morgan fingerprint density at radius 1 is 0.571 bits per heavy atom. The summed E-state index contributed by atoms with van der Waals surface area (Å²) in [4.78, 5) is 146. The lowest BCUT2D eigenvalue weighted by molar-refractivity contribution is -0.155. The van der Waals surface area contributed by atoms with E-state index in [9.17, 15) is 24.0 Å². The van der Waals surface area contributed by atoms with Crippen LogP contribution >= 0.6 is 0 Å². The van der Waals surface area contributed by atoms with Gasteiger partial charge in [-0.2, -0.15) is 0 Å². The fourth-order valence-electron chi connectivity index (χ4n) is 12.7. The number of hydrogen-bond donors (Lipinski definition) is 4. The van der Waals surface area contributed by atoms with E-state index in [-0.39, 0.29) is 79.2 Å². The van der Waals surface area contributed by atoms with Crippen molar-refractivity contribution in [3.63, 3.8) is 0 Å². The van der Waals surface area contributed by atoms with Crippen LogP contribution < -0.4 is 21.3 Å². The van der Waals surface area contributed by atoms with Crippen LogP contribution in [0.3, 0.4) is 0 Å². The molecule has 25 nitrogen and oxygen atoms in total. The number of nitrogens with one attached hydrogen (secondary N) is 4. The Hall–Kier alpha value is -5.31. The van der Waals surface area contributed by atoms with Crippen molar-refractivity contribution in [3.05, 3.63) is 12.2 Å². The maximum absolute atomic E-state index is 15.3. The number of rotatable bonds is 17. The topological polar surface area (TPSA) is 271 Å². The molecule has 4 aliphatic heterocycles. The van der Waals surface area contributed by atoms with E-state index >= 15 is 19.2 Å². The summed E-state index contributed by atoms with van der Waals surface area (Å²) in [6.45, 7) is 29.4. The van der Waals surface area contributed by atoms with Gasteiger partial charge in [-0.1, -0.05) is 81.4 Å². The standard InChI is InChI=1S/C66H118N12O13/c1-25-27-28-40(11)53-52-58(81)69-45(26-2)61(83)72(17)43(14)54-66(91-54)76(21)46(29-30-71(16)31-32-88-24)55-59(90-55)70-50(39(9)10)64(86)73(18)47(33-36(3)4)57(80)67-41(12)56(79)68-42(13)60(82)74(19)48(34-37(5)6)62(84)75(20)49(35-38(7)8)63(85)77(22)51(44(15)89-53)65(87)78(52)23/h25,27,36-55,59,66,70H,26,28-35H2,1-24H3,(H,67,80)(H,68,79)(H,69,81). The van der Waals surface area contributed by atoms with Crippen LogP contribution in [0.1, 0.15) is 142 Å². The first kappa shape index (κ1) is 78.1. The van der Waals surface area contributed by atoms with E-state index in [0.29, 0.717) is 32.5 Å². The number of ether oxygens (including phenoxy) is 4. The molecule has 0 spiro atoms. The van der Waals surface area contributed by atoms with Crippen molar-refractivity contribution in [2.45, 2.75) is 246 Å². The molecule has 520 valence electrons. The smallest absolute Gasteiger partial charge is 0.248 e. The SMILES string of the molecule is CC=CCC(C)C1OC(C)C2C(=O)N(C)C1C(=O)NC(CC)C(=O)N(C)C(C)C1OC1N(C)C(CCN(C)CCOC)C1OC1NC(C(C)C)C(=O)N(C)C(CC(C)C)C(=O)NC(C)C(=O)NC(C)C(=O)N(C)C(CC(C)C)C(=O)N(C)C(CC(C)C)C(=O)N2C. The summed E-state index contributed by atoms with van der Waals surface area (Å²) in [7, 11) is 14.9. The summed E-state index contributed by atoms with van der Waals surface area (Å²) >= 11 is 0. The van der Waals surface area contributed by atoms with Gasteiger partial charge in [-0.05, 0) is 123 Å². The van der Waals surface area contributed by atoms with Crippen LogP contribution in [0.2, 0.25) is 0 Å². The fraction of sp³-hybridized carbons (Fsp3) is 0.833. The van der Waals surface area contributed by atoms with Crippen molar-refractivity contribution in [1.29, 1.82) is 0 Å². The third-order valence-corrected chi connectivity index (χ3v) is 18.9. The fourth-order valence-corrected chi connectivity index (χ4v) is 12.7. The first-order valence-corrected chi connectivity index (χ1v) is 33.2. The van der Waals surface area contributed by atoms with Gasteiger partial charge >= 0.3 is 0 Å². The largest absolute Gasteiger partial charge is 0.383 e. The predicted octanol–water partition coefficient (Wildman–Crippen LogP) is 2.75. The second kappa shape index (κ2) is 34.7. The lowest BCUT2D eigenvalue weighted by Crippen LogP contribution is -2.62. The molecule has 4 aliphatic rings. The number of hydrogen-bond acceptors (Lipinski definition) is 16. The predicted molar refractivity (Wildman–Crippen MR) is 348 cm³/mol. The van der Waals surface area contributed by atoms with Crippen LogP contribution in [0.5, 0.6) is 0 Å². The maximum atomic E-state index is 15.3. The van der Waals surface area contributed by atoms with Gasteiger partial charge in [0.05, 0.1) is 30.9 Å². The highest BCUT2D eigenvalue weighted by molar-refractivity contribution is 5.98. The summed E-state index contributed by atoms with van der Waals surface area (Å²) in [5.41, 5.74) is 0.